The molecule has 1 amide bonds. The van der Waals surface area contributed by atoms with E-state index in [0.29, 0.717) is 17.4 Å². The highest BCUT2D eigenvalue weighted by Crippen LogP contribution is 2.30. The van der Waals surface area contributed by atoms with Gasteiger partial charge in [-0.1, -0.05) is 17.3 Å². The molecule has 12 heteroatoms. The fraction of sp³-hybridized carbons (Fsp3) is 0.414. The van der Waals surface area contributed by atoms with Crippen LogP contribution in [0.5, 0.6) is 0 Å². The van der Waals surface area contributed by atoms with Gasteiger partial charge in [0.1, 0.15) is 11.4 Å². The molecule has 1 saturated heterocycles. The van der Waals surface area contributed by atoms with Crippen molar-refractivity contribution in [1.29, 1.82) is 0 Å². The Morgan fingerprint density at radius 2 is 1.90 bits per heavy atom. The summed E-state index contributed by atoms with van der Waals surface area (Å²) in [6, 6.07) is 8.19. The number of fused-ring (bicyclic) bond motifs is 1. The number of carbonyl (C=O) groups is 1. The highest BCUT2D eigenvalue weighted by atomic mass is 16.2. The third-order valence-corrected chi connectivity index (χ3v) is 7.57. The Bertz CT molecular complexity index is 1700. The van der Waals surface area contributed by atoms with Crippen molar-refractivity contribution in [3.63, 3.8) is 0 Å². The molecule has 1 atom stereocenters. The van der Waals surface area contributed by atoms with Crippen molar-refractivity contribution < 1.29 is 4.79 Å². The third-order valence-electron chi connectivity index (χ3n) is 7.57. The van der Waals surface area contributed by atoms with Crippen LogP contribution in [0.2, 0.25) is 0 Å². The minimum Gasteiger partial charge on any atom is -0.344 e. The van der Waals surface area contributed by atoms with Gasteiger partial charge in [-0.3, -0.25) is 4.79 Å². The number of hydrogen-bond acceptors (Lipinski definition) is 8. The van der Waals surface area contributed by atoms with Gasteiger partial charge in [-0.25, -0.2) is 14.2 Å². The largest absolute Gasteiger partial charge is 0.344 e. The van der Waals surface area contributed by atoms with E-state index in [-0.39, 0.29) is 17.5 Å². The molecule has 1 aliphatic heterocycles. The molecule has 5 heterocycles. The van der Waals surface area contributed by atoms with Crippen LogP contribution >= 0.6 is 0 Å². The average molecular weight is 554 g/mol. The molecule has 0 unspecified atom stereocenters. The first-order valence-corrected chi connectivity index (χ1v) is 14.0. The number of nitrogens with zero attached hydrogens (tertiary/aromatic N) is 9. The van der Waals surface area contributed by atoms with Gasteiger partial charge in [-0.2, -0.15) is 20.1 Å². The summed E-state index contributed by atoms with van der Waals surface area (Å²) in [5.41, 5.74) is 6.18. The Balaban J connectivity index is 1.26. The summed E-state index contributed by atoms with van der Waals surface area (Å²) >= 11 is 0. The monoisotopic (exact) mass is 553 g/mol. The second-order valence-corrected chi connectivity index (χ2v) is 11.7. The molecule has 5 aromatic rings. The number of rotatable bonds is 6. The predicted molar refractivity (Wildman–Crippen MR) is 154 cm³/mol. The molecule has 0 saturated carbocycles. The van der Waals surface area contributed by atoms with Crippen molar-refractivity contribution in [1.82, 2.24) is 55.2 Å². The number of amides is 1. The number of aryl methyl sites for hydroxylation is 1. The van der Waals surface area contributed by atoms with Crippen molar-refractivity contribution in [2.24, 2.45) is 0 Å². The van der Waals surface area contributed by atoms with Crippen molar-refractivity contribution in [3.8, 4) is 22.6 Å². The highest BCUT2D eigenvalue weighted by Gasteiger charge is 2.22. The third kappa shape index (κ3) is 5.34. The van der Waals surface area contributed by atoms with Crippen LogP contribution in [-0.2, 0) is 5.54 Å². The van der Waals surface area contributed by atoms with Crippen LogP contribution < -0.4 is 10.6 Å². The summed E-state index contributed by atoms with van der Waals surface area (Å²) < 4.78 is 3.52. The van der Waals surface area contributed by atoms with E-state index >= 15 is 0 Å². The molecule has 0 radical (unpaired) electrons. The van der Waals surface area contributed by atoms with Gasteiger partial charge < -0.3 is 10.6 Å². The molecule has 4 aromatic heterocycles. The molecule has 6 rings (SSSR count). The molecule has 12 nitrogen and oxygen atoms in total. The normalized spacial score (nSPS) is 15.3. The lowest BCUT2D eigenvalue weighted by molar-refractivity contribution is 0.0934. The first kappa shape index (κ1) is 26.8. The second kappa shape index (κ2) is 10.5. The maximum atomic E-state index is 12.9. The molecular weight excluding hydrogens is 518 g/mol. The first-order valence-electron chi connectivity index (χ1n) is 14.0. The summed E-state index contributed by atoms with van der Waals surface area (Å²) in [4.78, 5) is 19.7. The van der Waals surface area contributed by atoms with Crippen LogP contribution in [0.3, 0.4) is 0 Å². The maximum Gasteiger partial charge on any atom is 0.273 e. The SMILES string of the molecule is Cc1cc(-c2nc(-c3cnn(C4CCNCC4)n3)cn3nccc23)ccc1[C@@H](C)NC(=O)c1cn(C(C)(C)C)nn1. The Morgan fingerprint density at radius 1 is 1.10 bits per heavy atom. The quantitative estimate of drug-likeness (QED) is 0.325. The number of nitrogens with one attached hydrogen (secondary N) is 2. The minimum absolute atomic E-state index is 0.226. The number of piperidine rings is 1. The second-order valence-electron chi connectivity index (χ2n) is 11.7. The minimum atomic E-state index is -0.260. The van der Waals surface area contributed by atoms with Crippen LogP contribution in [0.1, 0.15) is 74.2 Å². The fourth-order valence-electron chi connectivity index (χ4n) is 5.22. The highest BCUT2D eigenvalue weighted by molar-refractivity contribution is 5.92. The van der Waals surface area contributed by atoms with Crippen molar-refractivity contribution in [2.75, 3.05) is 13.1 Å². The lowest BCUT2D eigenvalue weighted by Gasteiger charge is -2.21. The van der Waals surface area contributed by atoms with E-state index in [4.69, 9.17) is 10.1 Å². The molecule has 0 aliphatic carbocycles. The van der Waals surface area contributed by atoms with Gasteiger partial charge in [-0.05, 0) is 83.8 Å². The van der Waals surface area contributed by atoms with E-state index in [1.165, 1.54) is 0 Å². The molecule has 2 N–H and O–H groups in total. The van der Waals surface area contributed by atoms with Gasteiger partial charge in [-0.15, -0.1) is 5.10 Å². The summed E-state index contributed by atoms with van der Waals surface area (Å²) in [6.07, 6.45) is 9.13. The summed E-state index contributed by atoms with van der Waals surface area (Å²) in [5, 5.41) is 28.4. The van der Waals surface area contributed by atoms with Gasteiger partial charge in [0.15, 0.2) is 5.69 Å². The Kier molecular flexibility index (Phi) is 6.86. The van der Waals surface area contributed by atoms with Gasteiger partial charge in [0.2, 0.25) is 0 Å². The van der Waals surface area contributed by atoms with Crippen molar-refractivity contribution in [2.45, 2.75) is 65.1 Å². The predicted octanol–water partition coefficient (Wildman–Crippen LogP) is 3.73. The molecule has 41 heavy (non-hydrogen) atoms. The molecule has 0 bridgehead atoms. The van der Waals surface area contributed by atoms with E-state index in [0.717, 1.165) is 59.5 Å². The van der Waals surface area contributed by atoms with E-state index < -0.39 is 0 Å². The summed E-state index contributed by atoms with van der Waals surface area (Å²) in [6.45, 7) is 12.0. The van der Waals surface area contributed by atoms with Crippen LogP contribution in [0.15, 0.2) is 49.1 Å². The summed E-state index contributed by atoms with van der Waals surface area (Å²) in [5.74, 6) is -0.260. The van der Waals surface area contributed by atoms with Crippen molar-refractivity contribution >= 4 is 11.4 Å². The Labute approximate surface area is 238 Å². The zero-order chi connectivity index (χ0) is 28.7. The van der Waals surface area contributed by atoms with Crippen LogP contribution in [0.25, 0.3) is 28.2 Å². The van der Waals surface area contributed by atoms with E-state index in [1.807, 2.05) is 68.3 Å². The topological polar surface area (TPSA) is 133 Å². The first-order chi connectivity index (χ1) is 19.7. The number of aromatic nitrogens is 9. The lowest BCUT2D eigenvalue weighted by atomic mass is 9.98. The number of carbonyl (C=O) groups excluding carboxylic acids is 1. The molecule has 1 aromatic carbocycles. The van der Waals surface area contributed by atoms with Gasteiger partial charge >= 0.3 is 0 Å². The maximum absolute atomic E-state index is 12.9. The number of benzene rings is 1. The summed E-state index contributed by atoms with van der Waals surface area (Å²) in [7, 11) is 0. The fourth-order valence-corrected chi connectivity index (χ4v) is 5.22. The molecule has 212 valence electrons. The zero-order valence-electron chi connectivity index (χ0n) is 24.0. The van der Waals surface area contributed by atoms with Crippen LogP contribution in [-0.4, -0.2) is 63.6 Å². The van der Waals surface area contributed by atoms with E-state index in [9.17, 15) is 4.79 Å². The molecule has 1 fully saturated rings. The Hall–Kier alpha value is -4.45. The van der Waals surface area contributed by atoms with Crippen LogP contribution in [0, 0.1) is 6.92 Å². The Morgan fingerprint density at radius 3 is 2.63 bits per heavy atom. The van der Waals surface area contributed by atoms with Crippen molar-refractivity contribution in [3.05, 3.63) is 65.9 Å². The van der Waals surface area contributed by atoms with Gasteiger partial charge in [0.05, 0.1) is 53.6 Å². The van der Waals surface area contributed by atoms with E-state index in [1.54, 1.807) is 23.3 Å². The molecule has 1 aliphatic rings. The standard InChI is InChI=1S/C29H35N11O/c1-18-14-20(6-7-22(18)19(2)33-28(41)25-17-39(37-35-25)29(3,4)5)27-26-10-13-31-38(26)16-24(34-27)23-15-32-40(36-23)21-8-11-30-12-9-21/h6-7,10,13-17,19,21,30H,8-9,11-12H2,1-5H3,(H,33,41)/t19-/m1/s1. The van der Waals surface area contributed by atoms with Gasteiger partial charge in [0.25, 0.3) is 5.91 Å². The number of hydrogen-bond donors (Lipinski definition) is 2. The average Bonchev–Trinajstić information content (AvgIpc) is 3.73. The molecular formula is C29H35N11O. The van der Waals surface area contributed by atoms with Gasteiger partial charge in [0, 0.05) is 5.56 Å². The zero-order valence-corrected chi connectivity index (χ0v) is 24.0. The smallest absolute Gasteiger partial charge is 0.273 e. The lowest BCUT2D eigenvalue weighted by Crippen LogP contribution is -2.30. The van der Waals surface area contributed by atoms with Crippen LogP contribution in [0.4, 0.5) is 0 Å². The van der Waals surface area contributed by atoms with E-state index in [2.05, 4.69) is 37.2 Å². The molecule has 0 spiro atoms.